The van der Waals surface area contributed by atoms with Crippen LogP contribution in [0, 0.1) is 0 Å². The van der Waals surface area contributed by atoms with Gasteiger partial charge in [0, 0.05) is 4.88 Å². The van der Waals surface area contributed by atoms with Crippen LogP contribution in [0.3, 0.4) is 0 Å². The Labute approximate surface area is 108 Å². The van der Waals surface area contributed by atoms with Crippen molar-refractivity contribution in [3.8, 4) is 0 Å². The second kappa shape index (κ2) is 4.02. The first kappa shape index (κ1) is 11.6. The number of carbonyl (C=O) groups is 1. The van der Waals surface area contributed by atoms with Crippen LogP contribution in [0.5, 0.6) is 0 Å². The number of Topliss-reactive ketones (excluding diaryl/α,β-unsaturated/α-hetero) is 1. The molecule has 5 heteroatoms. The molecular weight excluding hydrogens is 248 g/mol. The topological polar surface area (TPSA) is 52.0 Å². The van der Waals surface area contributed by atoms with E-state index in [0.29, 0.717) is 0 Å². The van der Waals surface area contributed by atoms with Crippen molar-refractivity contribution >= 4 is 27.3 Å². The lowest BCUT2D eigenvalue weighted by atomic mass is 10.2. The minimum Gasteiger partial charge on any atom is -0.298 e. The number of fused-ring (bicyclic) bond motifs is 3. The van der Waals surface area contributed by atoms with Gasteiger partial charge in [0.15, 0.2) is 5.78 Å². The third-order valence-electron chi connectivity index (χ3n) is 3.66. The van der Waals surface area contributed by atoms with Gasteiger partial charge >= 0.3 is 0 Å². The molecule has 94 valence electrons. The Balaban J connectivity index is 2.29. The van der Waals surface area contributed by atoms with E-state index in [9.17, 15) is 9.59 Å². The van der Waals surface area contributed by atoms with E-state index in [0.717, 1.165) is 35.0 Å². The molecule has 0 aromatic carbocycles. The van der Waals surface area contributed by atoms with Gasteiger partial charge in [-0.2, -0.15) is 0 Å². The minimum atomic E-state index is -0.439. The van der Waals surface area contributed by atoms with Crippen LogP contribution in [0.1, 0.15) is 36.8 Å². The molecule has 0 spiro atoms. The van der Waals surface area contributed by atoms with E-state index in [4.69, 9.17) is 0 Å². The maximum Gasteiger partial charge on any atom is 0.263 e. The maximum absolute atomic E-state index is 12.5. The van der Waals surface area contributed by atoms with Gasteiger partial charge in [-0.05, 0) is 38.7 Å². The highest BCUT2D eigenvalue weighted by Crippen LogP contribution is 2.34. The van der Waals surface area contributed by atoms with E-state index in [1.165, 1.54) is 22.7 Å². The van der Waals surface area contributed by atoms with E-state index < -0.39 is 6.04 Å². The average molecular weight is 262 g/mol. The quantitative estimate of drug-likeness (QED) is 0.832. The molecule has 0 bridgehead atoms. The van der Waals surface area contributed by atoms with Gasteiger partial charge in [0.05, 0.1) is 17.8 Å². The normalized spacial score (nSPS) is 15.9. The monoisotopic (exact) mass is 262 g/mol. The Morgan fingerprint density at radius 1 is 1.50 bits per heavy atom. The molecular formula is C13H14N2O2S. The number of hydrogen-bond donors (Lipinski definition) is 0. The lowest BCUT2D eigenvalue weighted by Gasteiger charge is -2.11. The Morgan fingerprint density at radius 3 is 3.00 bits per heavy atom. The molecule has 0 radical (unpaired) electrons. The van der Waals surface area contributed by atoms with Gasteiger partial charge in [0.2, 0.25) is 0 Å². The highest BCUT2D eigenvalue weighted by Gasteiger charge is 2.22. The number of hydrogen-bond acceptors (Lipinski definition) is 4. The highest BCUT2D eigenvalue weighted by molar-refractivity contribution is 7.18. The molecule has 1 atom stereocenters. The van der Waals surface area contributed by atoms with Gasteiger partial charge in [0.1, 0.15) is 4.83 Å². The molecule has 0 saturated carbocycles. The number of aryl methyl sites for hydroxylation is 2. The van der Waals surface area contributed by atoms with Crippen molar-refractivity contribution in [2.24, 2.45) is 0 Å². The van der Waals surface area contributed by atoms with Crippen molar-refractivity contribution in [3.05, 3.63) is 27.1 Å². The number of nitrogens with zero attached hydrogens (tertiary/aromatic N) is 2. The summed E-state index contributed by atoms with van der Waals surface area (Å²) in [6.45, 7) is 3.24. The van der Waals surface area contributed by atoms with Gasteiger partial charge < -0.3 is 0 Å². The van der Waals surface area contributed by atoms with Gasteiger partial charge in [-0.3, -0.25) is 14.2 Å². The summed E-state index contributed by atoms with van der Waals surface area (Å²) in [4.78, 5) is 30.3. The summed E-state index contributed by atoms with van der Waals surface area (Å²) in [5.74, 6) is -0.0230. The number of thiophene rings is 1. The number of ketones is 1. The molecule has 4 nitrogen and oxygen atoms in total. The Bertz CT molecular complexity index is 699. The first-order valence-electron chi connectivity index (χ1n) is 6.11. The number of rotatable bonds is 2. The van der Waals surface area contributed by atoms with Crippen molar-refractivity contribution in [2.45, 2.75) is 39.2 Å². The summed E-state index contributed by atoms with van der Waals surface area (Å²) in [6.07, 6.45) is 4.64. The molecule has 2 aromatic rings. The molecule has 18 heavy (non-hydrogen) atoms. The van der Waals surface area contributed by atoms with E-state index in [1.807, 2.05) is 0 Å². The lowest BCUT2D eigenvalue weighted by Crippen LogP contribution is -2.27. The van der Waals surface area contributed by atoms with Crippen molar-refractivity contribution < 1.29 is 4.79 Å². The summed E-state index contributed by atoms with van der Waals surface area (Å²) >= 11 is 1.62. The summed E-state index contributed by atoms with van der Waals surface area (Å²) in [6, 6.07) is -0.439. The molecule has 1 aliphatic rings. The number of aromatic nitrogens is 2. The molecule has 0 amide bonds. The van der Waals surface area contributed by atoms with Crippen LogP contribution >= 0.6 is 11.3 Å². The third kappa shape index (κ3) is 1.54. The van der Waals surface area contributed by atoms with Crippen LogP contribution < -0.4 is 5.56 Å². The van der Waals surface area contributed by atoms with Gasteiger partial charge in [0.25, 0.3) is 5.56 Å². The first-order valence-corrected chi connectivity index (χ1v) is 6.93. The van der Waals surface area contributed by atoms with Crippen LogP contribution in [-0.2, 0) is 17.6 Å². The molecule has 0 fully saturated rings. The molecule has 2 aromatic heterocycles. The van der Waals surface area contributed by atoms with Gasteiger partial charge in [-0.1, -0.05) is 0 Å². The summed E-state index contributed by atoms with van der Waals surface area (Å²) in [7, 11) is 0. The Hall–Kier alpha value is -1.49. The fraction of sp³-hybridized carbons (Fsp3) is 0.462. The SMILES string of the molecule is CC(=O)C(C)n1cnc2sc3c(c2c1=O)CCC3. The fourth-order valence-corrected chi connectivity index (χ4v) is 3.69. The zero-order valence-electron chi connectivity index (χ0n) is 10.4. The lowest BCUT2D eigenvalue weighted by molar-refractivity contribution is -0.119. The smallest absolute Gasteiger partial charge is 0.263 e. The third-order valence-corrected chi connectivity index (χ3v) is 4.86. The van der Waals surface area contributed by atoms with Crippen molar-refractivity contribution in [1.29, 1.82) is 0 Å². The zero-order chi connectivity index (χ0) is 12.9. The number of carbonyl (C=O) groups excluding carboxylic acids is 1. The standard InChI is InChI=1S/C13H14N2O2S/c1-7(8(2)16)15-6-14-12-11(13(15)17)9-4-3-5-10(9)18-12/h6-7H,3-5H2,1-2H3. The van der Waals surface area contributed by atoms with Gasteiger partial charge in [-0.25, -0.2) is 4.98 Å². The molecule has 1 aliphatic carbocycles. The zero-order valence-corrected chi connectivity index (χ0v) is 11.2. The second-order valence-corrected chi connectivity index (χ2v) is 5.86. The summed E-state index contributed by atoms with van der Waals surface area (Å²) in [5.41, 5.74) is 1.10. The molecule has 3 rings (SSSR count). The predicted molar refractivity (Wildman–Crippen MR) is 71.3 cm³/mol. The highest BCUT2D eigenvalue weighted by atomic mass is 32.1. The molecule has 0 N–H and O–H groups in total. The van der Waals surface area contributed by atoms with Crippen molar-refractivity contribution in [1.82, 2.24) is 9.55 Å². The maximum atomic E-state index is 12.5. The van der Waals surface area contributed by atoms with Crippen LogP contribution in [0.15, 0.2) is 11.1 Å². The Kier molecular flexibility index (Phi) is 2.59. The second-order valence-electron chi connectivity index (χ2n) is 4.78. The first-order chi connectivity index (χ1) is 8.59. The molecule has 0 saturated heterocycles. The average Bonchev–Trinajstić information content (AvgIpc) is 2.88. The molecule has 0 aliphatic heterocycles. The van der Waals surface area contributed by atoms with E-state index >= 15 is 0 Å². The van der Waals surface area contributed by atoms with Crippen LogP contribution in [0.25, 0.3) is 10.2 Å². The molecule has 1 unspecified atom stereocenters. The largest absolute Gasteiger partial charge is 0.298 e. The van der Waals surface area contributed by atoms with E-state index in [2.05, 4.69) is 4.98 Å². The van der Waals surface area contributed by atoms with Crippen LogP contribution in [0.4, 0.5) is 0 Å². The van der Waals surface area contributed by atoms with E-state index in [1.54, 1.807) is 18.3 Å². The predicted octanol–water partition coefficient (Wildman–Crippen LogP) is 2.10. The fourth-order valence-electron chi connectivity index (χ4n) is 2.47. The van der Waals surface area contributed by atoms with Crippen molar-refractivity contribution in [3.63, 3.8) is 0 Å². The summed E-state index contributed by atoms with van der Waals surface area (Å²) in [5, 5.41) is 0.739. The minimum absolute atomic E-state index is 0.0230. The summed E-state index contributed by atoms with van der Waals surface area (Å²) < 4.78 is 1.45. The van der Waals surface area contributed by atoms with Crippen LogP contribution in [-0.4, -0.2) is 15.3 Å². The molecule has 2 heterocycles. The Morgan fingerprint density at radius 2 is 2.28 bits per heavy atom. The van der Waals surface area contributed by atoms with Crippen LogP contribution in [0.2, 0.25) is 0 Å². The van der Waals surface area contributed by atoms with Crippen molar-refractivity contribution in [2.75, 3.05) is 0 Å². The van der Waals surface area contributed by atoms with E-state index in [-0.39, 0.29) is 11.3 Å². The van der Waals surface area contributed by atoms with Gasteiger partial charge in [-0.15, -0.1) is 11.3 Å².